The number of benzene rings is 2. The molecule has 0 saturated carbocycles. The highest BCUT2D eigenvalue weighted by molar-refractivity contribution is 5.87. The molecule has 1 aromatic heterocycles. The number of imidazole rings is 1. The molecule has 3 rings (SSSR count). The van der Waals surface area contributed by atoms with E-state index in [9.17, 15) is 15.2 Å². The lowest BCUT2D eigenvalue weighted by molar-refractivity contribution is -0.385. The van der Waals surface area contributed by atoms with Gasteiger partial charge in [-0.05, 0) is 18.2 Å². The van der Waals surface area contributed by atoms with Crippen molar-refractivity contribution in [2.45, 2.75) is 0 Å². The number of phenols is 1. The van der Waals surface area contributed by atoms with Gasteiger partial charge in [0.25, 0.3) is 0 Å². The van der Waals surface area contributed by atoms with Gasteiger partial charge >= 0.3 is 5.69 Å². The van der Waals surface area contributed by atoms with Gasteiger partial charge in [0, 0.05) is 5.56 Å². The van der Waals surface area contributed by atoms with Gasteiger partial charge in [-0.25, -0.2) is 10.4 Å². The van der Waals surface area contributed by atoms with E-state index in [4.69, 9.17) is 4.74 Å². The third-order valence-electron chi connectivity index (χ3n) is 3.29. The van der Waals surface area contributed by atoms with E-state index in [1.807, 2.05) is 24.3 Å². The van der Waals surface area contributed by atoms with E-state index in [2.05, 4.69) is 20.5 Å². The molecule has 0 atom stereocenters. The Bertz CT molecular complexity index is 902. The van der Waals surface area contributed by atoms with Gasteiger partial charge in [-0.1, -0.05) is 12.1 Å². The highest BCUT2D eigenvalue weighted by Gasteiger charge is 2.18. The molecule has 0 amide bonds. The van der Waals surface area contributed by atoms with E-state index >= 15 is 0 Å². The molecule has 0 aliphatic heterocycles. The Balaban J connectivity index is 1.85. The van der Waals surface area contributed by atoms with E-state index in [1.165, 1.54) is 19.4 Å². The van der Waals surface area contributed by atoms with Crippen LogP contribution in [-0.4, -0.2) is 33.3 Å². The summed E-state index contributed by atoms with van der Waals surface area (Å²) in [6.45, 7) is 0. The van der Waals surface area contributed by atoms with Crippen molar-refractivity contribution in [1.82, 2.24) is 9.97 Å². The summed E-state index contributed by atoms with van der Waals surface area (Å²) >= 11 is 0. The fraction of sp³-hybridized carbons (Fsp3) is 0.0667. The lowest BCUT2D eigenvalue weighted by Gasteiger charge is -2.04. The molecular formula is C15H13N5O4. The van der Waals surface area contributed by atoms with E-state index < -0.39 is 16.4 Å². The van der Waals surface area contributed by atoms with Crippen LogP contribution in [0, 0.1) is 10.1 Å². The number of nitrogens with zero attached hydrogens (tertiary/aromatic N) is 3. The number of para-hydroxylation sites is 2. The first-order chi connectivity index (χ1) is 11.6. The quantitative estimate of drug-likeness (QED) is 0.376. The summed E-state index contributed by atoms with van der Waals surface area (Å²) in [6.07, 6.45) is 1.25. The van der Waals surface area contributed by atoms with Crippen LogP contribution in [0.1, 0.15) is 5.56 Å². The molecule has 3 aromatic rings. The molecule has 0 aliphatic rings. The average Bonchev–Trinajstić information content (AvgIpc) is 2.98. The van der Waals surface area contributed by atoms with Crippen LogP contribution in [0.4, 0.5) is 11.6 Å². The third-order valence-corrected chi connectivity index (χ3v) is 3.29. The standard InChI is InChI=1S/C15H13N5O4/c1-24-10-6-9(14(21)13(7-10)20(22)23)8-16-19-15-17-11-4-2-3-5-12(11)18-15/h2-8,21H,1H3,(H2,17,18,19)/b16-8-. The number of anilines is 1. The maximum Gasteiger partial charge on any atom is 0.315 e. The first kappa shape index (κ1) is 15.3. The molecule has 122 valence electrons. The molecule has 0 saturated heterocycles. The number of aromatic hydroxyl groups is 1. The van der Waals surface area contributed by atoms with Gasteiger partial charge in [0.1, 0.15) is 5.75 Å². The first-order valence-corrected chi connectivity index (χ1v) is 6.87. The Labute approximate surface area is 135 Å². The number of rotatable bonds is 5. The van der Waals surface area contributed by atoms with E-state index in [-0.39, 0.29) is 11.3 Å². The molecule has 24 heavy (non-hydrogen) atoms. The van der Waals surface area contributed by atoms with Gasteiger partial charge in [0.15, 0.2) is 0 Å². The molecule has 3 N–H and O–H groups in total. The number of aromatic nitrogens is 2. The summed E-state index contributed by atoms with van der Waals surface area (Å²) in [6, 6.07) is 10.0. The van der Waals surface area contributed by atoms with Crippen molar-refractivity contribution in [3.8, 4) is 11.5 Å². The van der Waals surface area contributed by atoms with Gasteiger partial charge in [-0.2, -0.15) is 5.10 Å². The van der Waals surface area contributed by atoms with Gasteiger partial charge < -0.3 is 14.8 Å². The molecule has 0 spiro atoms. The number of fused-ring (bicyclic) bond motifs is 1. The van der Waals surface area contributed by atoms with Crippen molar-refractivity contribution < 1.29 is 14.8 Å². The van der Waals surface area contributed by atoms with Crippen LogP contribution in [0.15, 0.2) is 41.5 Å². The van der Waals surface area contributed by atoms with Gasteiger partial charge in [0.05, 0.1) is 35.3 Å². The van der Waals surface area contributed by atoms with Crippen molar-refractivity contribution in [3.05, 3.63) is 52.1 Å². The van der Waals surface area contributed by atoms with Gasteiger partial charge in [-0.15, -0.1) is 0 Å². The molecule has 9 heteroatoms. The van der Waals surface area contributed by atoms with Crippen LogP contribution in [0.3, 0.4) is 0 Å². The van der Waals surface area contributed by atoms with Crippen LogP contribution in [0.25, 0.3) is 11.0 Å². The Kier molecular flexibility index (Phi) is 3.98. The predicted octanol–water partition coefficient (Wildman–Crippen LogP) is 2.63. The maximum atomic E-state index is 11.0. The Morgan fingerprint density at radius 3 is 2.92 bits per heavy atom. The summed E-state index contributed by atoms with van der Waals surface area (Å²) in [5.41, 5.74) is 3.98. The summed E-state index contributed by atoms with van der Waals surface area (Å²) in [4.78, 5) is 17.5. The van der Waals surface area contributed by atoms with Gasteiger partial charge in [0.2, 0.25) is 11.7 Å². The lowest BCUT2D eigenvalue weighted by atomic mass is 10.1. The first-order valence-electron chi connectivity index (χ1n) is 6.87. The number of ether oxygens (including phenoxy) is 1. The smallest absolute Gasteiger partial charge is 0.315 e. The van der Waals surface area contributed by atoms with Crippen LogP contribution >= 0.6 is 0 Å². The number of phenolic OH excluding ortho intramolecular Hbond substituents is 1. The molecule has 9 nitrogen and oxygen atoms in total. The summed E-state index contributed by atoms with van der Waals surface area (Å²) in [5.74, 6) is 0.157. The summed E-state index contributed by atoms with van der Waals surface area (Å²) < 4.78 is 4.99. The zero-order valence-corrected chi connectivity index (χ0v) is 12.6. The number of H-pyrrole nitrogens is 1. The minimum absolute atomic E-state index is 0.143. The summed E-state index contributed by atoms with van der Waals surface area (Å²) in [7, 11) is 1.38. The second kappa shape index (κ2) is 6.24. The Morgan fingerprint density at radius 2 is 2.21 bits per heavy atom. The maximum absolute atomic E-state index is 11.0. The fourth-order valence-corrected chi connectivity index (χ4v) is 2.14. The molecule has 2 aromatic carbocycles. The number of nitro groups is 1. The second-order valence-electron chi connectivity index (χ2n) is 4.81. The summed E-state index contributed by atoms with van der Waals surface area (Å²) in [5, 5.41) is 24.8. The van der Waals surface area contributed by atoms with Crippen molar-refractivity contribution in [1.29, 1.82) is 0 Å². The fourth-order valence-electron chi connectivity index (χ4n) is 2.14. The molecule has 0 fully saturated rings. The second-order valence-corrected chi connectivity index (χ2v) is 4.81. The van der Waals surface area contributed by atoms with E-state index in [1.54, 1.807) is 0 Å². The Morgan fingerprint density at radius 1 is 1.42 bits per heavy atom. The van der Waals surface area contributed by atoms with Crippen LogP contribution in [0.5, 0.6) is 11.5 Å². The van der Waals surface area contributed by atoms with E-state index in [0.717, 1.165) is 17.1 Å². The predicted molar refractivity (Wildman–Crippen MR) is 88.6 cm³/mol. The van der Waals surface area contributed by atoms with E-state index in [0.29, 0.717) is 5.95 Å². The number of hydrazone groups is 1. The van der Waals surface area contributed by atoms with Crippen LogP contribution < -0.4 is 10.2 Å². The van der Waals surface area contributed by atoms with Crippen molar-refractivity contribution in [3.63, 3.8) is 0 Å². The number of methoxy groups -OCH3 is 1. The third kappa shape index (κ3) is 2.95. The highest BCUT2D eigenvalue weighted by atomic mass is 16.6. The molecule has 1 heterocycles. The van der Waals surface area contributed by atoms with Crippen LogP contribution in [0.2, 0.25) is 0 Å². The number of hydrogen-bond acceptors (Lipinski definition) is 7. The Hall–Kier alpha value is -3.62. The van der Waals surface area contributed by atoms with Crippen molar-refractivity contribution in [2.75, 3.05) is 12.5 Å². The number of nitrogens with one attached hydrogen (secondary N) is 2. The molecular weight excluding hydrogens is 314 g/mol. The molecule has 0 aliphatic carbocycles. The number of aromatic amines is 1. The minimum atomic E-state index is -0.693. The zero-order chi connectivity index (χ0) is 17.1. The zero-order valence-electron chi connectivity index (χ0n) is 12.6. The largest absolute Gasteiger partial charge is 0.502 e. The normalized spacial score (nSPS) is 11.0. The number of nitro benzene ring substituents is 1. The number of hydrogen-bond donors (Lipinski definition) is 3. The van der Waals surface area contributed by atoms with Gasteiger partial charge in [-0.3, -0.25) is 10.1 Å². The van der Waals surface area contributed by atoms with Crippen molar-refractivity contribution in [2.24, 2.45) is 5.10 Å². The molecule has 0 bridgehead atoms. The topological polar surface area (TPSA) is 126 Å². The molecule has 0 unspecified atom stereocenters. The van der Waals surface area contributed by atoms with Crippen molar-refractivity contribution >= 4 is 28.9 Å². The average molecular weight is 327 g/mol. The molecule has 0 radical (unpaired) electrons. The monoisotopic (exact) mass is 327 g/mol. The van der Waals surface area contributed by atoms with Crippen LogP contribution in [-0.2, 0) is 0 Å². The minimum Gasteiger partial charge on any atom is -0.502 e. The SMILES string of the molecule is COc1cc(/C=N\Nc2nc3ccccc3[nH]2)c(O)c([N+](=O)[O-])c1. The highest BCUT2D eigenvalue weighted by Crippen LogP contribution is 2.33. The lowest BCUT2D eigenvalue weighted by Crippen LogP contribution is -1.97.